The maximum Gasteiger partial charge on any atom is 0.135 e. The lowest BCUT2D eigenvalue weighted by atomic mass is 9.91. The van der Waals surface area contributed by atoms with E-state index in [0.29, 0.717) is 12.3 Å². The molecular weight excluding hydrogens is 386 g/mol. The summed E-state index contributed by atoms with van der Waals surface area (Å²) in [5.41, 5.74) is 2.11. The molecule has 2 aliphatic rings. The van der Waals surface area contributed by atoms with Gasteiger partial charge in [0.25, 0.3) is 0 Å². The van der Waals surface area contributed by atoms with Crippen LogP contribution in [0.25, 0.3) is 5.57 Å². The number of pyridine rings is 1. The minimum absolute atomic E-state index is 0.459. The number of allylic oxidation sites excluding steroid dienone is 1. The van der Waals surface area contributed by atoms with Crippen LogP contribution in [0.2, 0.25) is 0 Å². The van der Waals surface area contributed by atoms with Crippen LogP contribution < -0.4 is 10.2 Å². The van der Waals surface area contributed by atoms with Crippen LogP contribution in [0.1, 0.15) is 84.1 Å². The first-order valence-corrected chi connectivity index (χ1v) is 12.1. The average Bonchev–Trinajstić information content (AvgIpc) is 2.80. The predicted molar refractivity (Wildman–Crippen MR) is 134 cm³/mol. The van der Waals surface area contributed by atoms with Crippen LogP contribution in [0.3, 0.4) is 0 Å². The van der Waals surface area contributed by atoms with Crippen LogP contribution in [-0.2, 0) is 4.79 Å². The van der Waals surface area contributed by atoms with E-state index in [1.54, 1.807) is 0 Å². The zero-order chi connectivity index (χ0) is 23.1. The van der Waals surface area contributed by atoms with Gasteiger partial charge in [0, 0.05) is 38.7 Å². The number of hydrogen-bond acceptors (Lipinski definition) is 5. The van der Waals surface area contributed by atoms with Crippen molar-refractivity contribution in [3.8, 4) is 0 Å². The fourth-order valence-electron chi connectivity index (χ4n) is 4.26. The summed E-state index contributed by atoms with van der Waals surface area (Å²) in [6.45, 7) is 13.4. The molecule has 1 aromatic rings. The number of carbonyl (C=O) groups is 1. The van der Waals surface area contributed by atoms with E-state index in [4.69, 9.17) is 10.1 Å². The molecule has 1 aliphatic carbocycles. The van der Waals surface area contributed by atoms with Crippen molar-refractivity contribution in [2.45, 2.75) is 78.6 Å². The molecule has 0 bridgehead atoms. The van der Waals surface area contributed by atoms with Gasteiger partial charge in [0.05, 0.1) is 0 Å². The molecule has 0 spiro atoms. The fraction of sp³-hybridized carbons (Fsp3) is 0.692. The second kappa shape index (κ2) is 15.9. The molecule has 0 radical (unpaired) electrons. The average molecular weight is 432 g/mol. The predicted octanol–water partition coefficient (Wildman–Crippen LogP) is 5.94. The van der Waals surface area contributed by atoms with Crippen LogP contribution in [0.4, 0.5) is 11.6 Å². The number of aliphatic hydroxyl groups excluding tert-OH is 1. The van der Waals surface area contributed by atoms with E-state index in [-0.39, 0.29) is 0 Å². The van der Waals surface area contributed by atoms with Crippen LogP contribution >= 0.6 is 0 Å². The maximum absolute atomic E-state index is 10.8. The van der Waals surface area contributed by atoms with Crippen LogP contribution in [0.5, 0.6) is 0 Å². The Morgan fingerprint density at radius 2 is 1.94 bits per heavy atom. The van der Waals surface area contributed by atoms with Crippen LogP contribution in [0, 0.1) is 11.8 Å². The maximum atomic E-state index is 10.8. The van der Waals surface area contributed by atoms with E-state index < -0.39 is 0 Å². The lowest BCUT2D eigenvalue weighted by Crippen LogP contribution is -2.36. The van der Waals surface area contributed by atoms with Crippen molar-refractivity contribution in [2.75, 3.05) is 37.0 Å². The normalized spacial score (nSPS) is 18.7. The summed E-state index contributed by atoms with van der Waals surface area (Å²) >= 11 is 0. The second-order valence-electron chi connectivity index (χ2n) is 8.87. The first-order chi connectivity index (χ1) is 15.0. The molecule has 2 N–H and O–H groups in total. The van der Waals surface area contributed by atoms with Gasteiger partial charge in [-0.15, -0.1) is 0 Å². The lowest BCUT2D eigenvalue weighted by Gasteiger charge is -2.33. The number of nitrogens with one attached hydrogen (secondary N) is 1. The minimum atomic E-state index is 0.459. The van der Waals surface area contributed by atoms with Gasteiger partial charge in [-0.2, -0.15) is 0 Å². The third kappa shape index (κ3) is 9.86. The smallest absolute Gasteiger partial charge is 0.135 e. The monoisotopic (exact) mass is 431 g/mol. The number of hydrogen-bond donors (Lipinski definition) is 2. The molecule has 2 fully saturated rings. The Morgan fingerprint density at radius 1 is 1.23 bits per heavy atom. The second-order valence-corrected chi connectivity index (χ2v) is 8.87. The van der Waals surface area contributed by atoms with E-state index in [0.717, 1.165) is 81.0 Å². The molecule has 1 unspecified atom stereocenters. The van der Waals surface area contributed by atoms with Gasteiger partial charge >= 0.3 is 0 Å². The molecule has 1 saturated carbocycles. The van der Waals surface area contributed by atoms with Crippen molar-refractivity contribution in [1.82, 2.24) is 4.98 Å². The highest BCUT2D eigenvalue weighted by Gasteiger charge is 2.21. The largest absolute Gasteiger partial charge is 0.400 e. The molecule has 5 heteroatoms. The van der Waals surface area contributed by atoms with E-state index >= 15 is 0 Å². The molecule has 31 heavy (non-hydrogen) atoms. The van der Waals surface area contributed by atoms with Gasteiger partial charge in [-0.1, -0.05) is 52.5 Å². The van der Waals surface area contributed by atoms with Gasteiger partial charge in [-0.05, 0) is 55.7 Å². The minimum Gasteiger partial charge on any atom is -0.400 e. The summed E-state index contributed by atoms with van der Waals surface area (Å²) < 4.78 is 0. The SMILES string of the molecule is C=C(C)c1ccc(N2CCCC(CC=O)C2)nc1NCCC.CC1CCCCC1.CO. The highest BCUT2D eigenvalue weighted by atomic mass is 16.2. The third-order valence-corrected chi connectivity index (χ3v) is 6.05. The Morgan fingerprint density at radius 3 is 2.48 bits per heavy atom. The van der Waals surface area contributed by atoms with E-state index in [1.807, 2.05) is 6.92 Å². The standard InChI is InChI=1S/C18H27N3O.C7H14.CH4O/c1-4-10-19-18-16(14(2)3)7-8-17(20-18)21-11-5-6-15(13-21)9-12-22;1-7-5-3-2-4-6-7;1-2/h7-8,12,15H,2,4-6,9-11,13H2,1,3H3,(H,19,20);7H,2-6H2,1H3;2H,1H3. The molecule has 5 nitrogen and oxygen atoms in total. The van der Waals surface area contributed by atoms with Gasteiger partial charge in [0.1, 0.15) is 17.9 Å². The Kier molecular flexibility index (Phi) is 13.9. The summed E-state index contributed by atoms with van der Waals surface area (Å²) in [4.78, 5) is 17.9. The fourth-order valence-corrected chi connectivity index (χ4v) is 4.26. The molecule has 176 valence electrons. The summed E-state index contributed by atoms with van der Waals surface area (Å²) in [6, 6.07) is 4.18. The molecule has 1 saturated heterocycles. The van der Waals surface area contributed by atoms with Crippen molar-refractivity contribution in [3.63, 3.8) is 0 Å². The molecule has 3 rings (SSSR count). The summed E-state index contributed by atoms with van der Waals surface area (Å²) in [7, 11) is 1.00. The number of aromatic nitrogens is 1. The molecule has 1 aromatic heterocycles. The number of nitrogens with zero attached hydrogens (tertiary/aromatic N) is 2. The van der Waals surface area contributed by atoms with Gasteiger partial charge < -0.3 is 20.1 Å². The van der Waals surface area contributed by atoms with Gasteiger partial charge in [0.15, 0.2) is 0 Å². The highest BCUT2D eigenvalue weighted by molar-refractivity contribution is 5.73. The third-order valence-electron chi connectivity index (χ3n) is 6.05. The first-order valence-electron chi connectivity index (χ1n) is 12.1. The first kappa shape index (κ1) is 27.2. The van der Waals surface area contributed by atoms with Crippen molar-refractivity contribution < 1.29 is 9.90 Å². The quantitative estimate of drug-likeness (QED) is 0.523. The molecule has 2 heterocycles. The van der Waals surface area contributed by atoms with E-state index in [9.17, 15) is 4.79 Å². The van der Waals surface area contributed by atoms with Crippen molar-refractivity contribution >= 4 is 23.5 Å². The molecule has 1 atom stereocenters. The number of aliphatic hydroxyl groups is 1. The zero-order valence-corrected chi connectivity index (χ0v) is 20.3. The number of piperidine rings is 1. The topological polar surface area (TPSA) is 65.5 Å². The number of aldehydes is 1. The zero-order valence-electron chi connectivity index (χ0n) is 20.3. The lowest BCUT2D eigenvalue weighted by molar-refractivity contribution is -0.108. The van der Waals surface area contributed by atoms with Gasteiger partial charge in [-0.25, -0.2) is 4.98 Å². The number of anilines is 2. The van der Waals surface area contributed by atoms with Crippen molar-refractivity contribution in [2.24, 2.45) is 11.8 Å². The summed E-state index contributed by atoms with van der Waals surface area (Å²) in [5, 5.41) is 10.4. The molecule has 1 aliphatic heterocycles. The molecule has 0 aromatic carbocycles. The van der Waals surface area contributed by atoms with E-state index in [1.165, 1.54) is 32.1 Å². The number of carbonyl (C=O) groups excluding carboxylic acids is 1. The van der Waals surface area contributed by atoms with Gasteiger partial charge in [0.2, 0.25) is 0 Å². The summed E-state index contributed by atoms with van der Waals surface area (Å²) in [6.07, 6.45) is 12.5. The Bertz CT molecular complexity index is 642. The number of rotatable bonds is 7. The Balaban J connectivity index is 0.000000447. The highest BCUT2D eigenvalue weighted by Crippen LogP contribution is 2.28. The molecule has 0 amide bonds. The van der Waals surface area contributed by atoms with Crippen LogP contribution in [0.15, 0.2) is 18.7 Å². The molecular formula is C26H45N3O2. The van der Waals surface area contributed by atoms with Crippen molar-refractivity contribution in [3.05, 3.63) is 24.3 Å². The Labute approximate surface area is 190 Å². The summed E-state index contributed by atoms with van der Waals surface area (Å²) in [5.74, 6) is 3.42. The Hall–Kier alpha value is -1.88. The van der Waals surface area contributed by atoms with Crippen LogP contribution in [-0.4, -0.2) is 43.1 Å². The van der Waals surface area contributed by atoms with Crippen molar-refractivity contribution in [1.29, 1.82) is 0 Å². The van der Waals surface area contributed by atoms with E-state index in [2.05, 4.69) is 42.8 Å². The van der Waals surface area contributed by atoms with Gasteiger partial charge in [-0.3, -0.25) is 0 Å².